The summed E-state index contributed by atoms with van der Waals surface area (Å²) in [6, 6.07) is 14.5. The Morgan fingerprint density at radius 2 is 2.00 bits per heavy atom. The lowest BCUT2D eigenvalue weighted by atomic mass is 10.1. The molecular weight excluding hydrogens is 324 g/mol. The van der Waals surface area contributed by atoms with Gasteiger partial charge in [0.25, 0.3) is 5.69 Å². The zero-order chi connectivity index (χ0) is 17.6. The number of carbonyl (C=O) groups is 1. The molecule has 0 bridgehead atoms. The number of nitrogens with zero attached hydrogens (tertiary/aromatic N) is 5. The summed E-state index contributed by atoms with van der Waals surface area (Å²) < 4.78 is 1.36. The monoisotopic (exact) mass is 338 g/mol. The second-order valence-corrected chi connectivity index (χ2v) is 5.29. The number of nitro groups is 1. The molecule has 0 aliphatic rings. The lowest BCUT2D eigenvalue weighted by Gasteiger charge is -2.16. The van der Waals surface area contributed by atoms with E-state index in [1.807, 2.05) is 30.3 Å². The Morgan fingerprint density at radius 3 is 2.68 bits per heavy atom. The molecule has 0 saturated carbocycles. The lowest BCUT2D eigenvalue weighted by Crippen LogP contribution is -2.28. The highest BCUT2D eigenvalue weighted by Gasteiger charge is 2.23. The summed E-state index contributed by atoms with van der Waals surface area (Å²) in [5, 5.41) is 24.5. The van der Waals surface area contributed by atoms with Crippen molar-refractivity contribution < 1.29 is 9.72 Å². The second kappa shape index (κ2) is 7.30. The van der Waals surface area contributed by atoms with Crippen molar-refractivity contribution in [3.63, 3.8) is 0 Å². The van der Waals surface area contributed by atoms with Gasteiger partial charge < -0.3 is 5.32 Å². The number of hydrogen-bond donors (Lipinski definition) is 1. The number of tetrazole rings is 1. The quantitative estimate of drug-likeness (QED) is 0.543. The minimum Gasteiger partial charge on any atom is -0.324 e. The van der Waals surface area contributed by atoms with Crippen LogP contribution in [0.15, 0.2) is 60.9 Å². The molecular formula is C16H14N6O3. The SMILES string of the molecule is O=C(Nc1cccc([N+](=O)[O-])c1)C(Cc1ccccc1)n1cnnn1. The first kappa shape index (κ1) is 16.2. The fourth-order valence-electron chi connectivity index (χ4n) is 2.38. The van der Waals surface area contributed by atoms with Crippen molar-refractivity contribution in [1.82, 2.24) is 20.2 Å². The summed E-state index contributed by atoms with van der Waals surface area (Å²) in [4.78, 5) is 23.0. The Bertz CT molecular complexity index is 867. The minimum atomic E-state index is -0.684. The molecule has 9 heteroatoms. The van der Waals surface area contributed by atoms with Gasteiger partial charge >= 0.3 is 0 Å². The van der Waals surface area contributed by atoms with E-state index in [9.17, 15) is 14.9 Å². The molecule has 1 amide bonds. The molecule has 1 atom stereocenters. The van der Waals surface area contributed by atoms with Gasteiger partial charge in [-0.05, 0) is 22.1 Å². The van der Waals surface area contributed by atoms with E-state index in [1.165, 1.54) is 29.2 Å². The summed E-state index contributed by atoms with van der Waals surface area (Å²) in [5.74, 6) is -0.364. The zero-order valence-electron chi connectivity index (χ0n) is 13.0. The maximum atomic E-state index is 12.7. The van der Waals surface area contributed by atoms with Crippen molar-refractivity contribution in [2.24, 2.45) is 0 Å². The molecule has 0 aliphatic heterocycles. The molecule has 0 fully saturated rings. The highest BCUT2D eigenvalue weighted by atomic mass is 16.6. The zero-order valence-corrected chi connectivity index (χ0v) is 13.0. The number of carbonyl (C=O) groups excluding carboxylic acids is 1. The Hall–Kier alpha value is -3.62. The molecule has 1 unspecified atom stereocenters. The number of non-ortho nitro benzene ring substituents is 1. The maximum Gasteiger partial charge on any atom is 0.271 e. The van der Waals surface area contributed by atoms with Gasteiger partial charge in [-0.25, -0.2) is 4.68 Å². The maximum absolute atomic E-state index is 12.7. The fraction of sp³-hybridized carbons (Fsp3) is 0.125. The van der Waals surface area contributed by atoms with Gasteiger partial charge in [0.15, 0.2) is 0 Å². The Morgan fingerprint density at radius 1 is 1.20 bits per heavy atom. The standard InChI is InChI=1S/C16H14N6O3/c23-16(18-13-7-4-8-14(10-13)22(24)25)15(21-11-17-19-20-21)9-12-5-2-1-3-6-12/h1-8,10-11,15H,9H2,(H,18,23). The Balaban J connectivity index is 1.82. The van der Waals surface area contributed by atoms with Crippen molar-refractivity contribution in [2.45, 2.75) is 12.5 Å². The smallest absolute Gasteiger partial charge is 0.271 e. The van der Waals surface area contributed by atoms with Crippen molar-refractivity contribution in [2.75, 3.05) is 5.32 Å². The third-order valence-electron chi connectivity index (χ3n) is 3.58. The number of benzene rings is 2. The lowest BCUT2D eigenvalue weighted by molar-refractivity contribution is -0.384. The topological polar surface area (TPSA) is 116 Å². The predicted octanol–water partition coefficient (Wildman–Crippen LogP) is 2.00. The highest BCUT2D eigenvalue weighted by molar-refractivity contribution is 5.94. The third-order valence-corrected chi connectivity index (χ3v) is 3.58. The molecule has 1 heterocycles. The van der Waals surface area contributed by atoms with Crippen molar-refractivity contribution >= 4 is 17.3 Å². The molecule has 3 rings (SSSR count). The Labute approximate surface area is 142 Å². The molecule has 9 nitrogen and oxygen atoms in total. The summed E-state index contributed by atoms with van der Waals surface area (Å²) in [6.07, 6.45) is 1.74. The summed E-state index contributed by atoms with van der Waals surface area (Å²) in [6.45, 7) is 0. The van der Waals surface area contributed by atoms with Crippen LogP contribution in [0.5, 0.6) is 0 Å². The number of aromatic nitrogens is 4. The van der Waals surface area contributed by atoms with Crippen LogP contribution >= 0.6 is 0 Å². The van der Waals surface area contributed by atoms with Gasteiger partial charge in [0, 0.05) is 24.2 Å². The van der Waals surface area contributed by atoms with E-state index in [2.05, 4.69) is 20.8 Å². The number of rotatable bonds is 6. The number of nitrogens with one attached hydrogen (secondary N) is 1. The van der Waals surface area contributed by atoms with Gasteiger partial charge in [-0.2, -0.15) is 0 Å². The number of nitro benzene ring substituents is 1. The van der Waals surface area contributed by atoms with Crippen molar-refractivity contribution in [3.8, 4) is 0 Å². The molecule has 1 aromatic heterocycles. The molecule has 3 aromatic rings. The summed E-state index contributed by atoms with van der Waals surface area (Å²) in [5.41, 5.74) is 1.18. The molecule has 2 aromatic carbocycles. The molecule has 1 N–H and O–H groups in total. The van der Waals surface area contributed by atoms with E-state index >= 15 is 0 Å². The van der Waals surface area contributed by atoms with Crippen molar-refractivity contribution in [3.05, 3.63) is 76.6 Å². The van der Waals surface area contributed by atoms with Crippen LogP contribution in [0.4, 0.5) is 11.4 Å². The average molecular weight is 338 g/mol. The van der Waals surface area contributed by atoms with Gasteiger partial charge in [0.1, 0.15) is 12.4 Å². The normalized spacial score (nSPS) is 11.7. The second-order valence-electron chi connectivity index (χ2n) is 5.29. The van der Waals surface area contributed by atoms with Gasteiger partial charge in [0.05, 0.1) is 4.92 Å². The third kappa shape index (κ3) is 4.02. The fourth-order valence-corrected chi connectivity index (χ4v) is 2.38. The number of amides is 1. The highest BCUT2D eigenvalue weighted by Crippen LogP contribution is 2.20. The van der Waals surface area contributed by atoms with Crippen LogP contribution in [0.1, 0.15) is 11.6 Å². The molecule has 0 radical (unpaired) electrons. The molecule has 0 spiro atoms. The van der Waals surface area contributed by atoms with Gasteiger partial charge in [0.2, 0.25) is 5.91 Å². The molecule has 126 valence electrons. The predicted molar refractivity (Wildman–Crippen MR) is 88.7 cm³/mol. The molecule has 0 saturated heterocycles. The molecule has 25 heavy (non-hydrogen) atoms. The van der Waals surface area contributed by atoms with Crippen LogP contribution in [0.25, 0.3) is 0 Å². The van der Waals surface area contributed by atoms with E-state index in [4.69, 9.17) is 0 Å². The first-order valence-corrected chi connectivity index (χ1v) is 7.45. The molecule has 0 aliphatic carbocycles. The first-order chi connectivity index (χ1) is 12.1. The van der Waals surface area contributed by atoms with Crippen molar-refractivity contribution in [1.29, 1.82) is 0 Å². The summed E-state index contributed by atoms with van der Waals surface area (Å²) in [7, 11) is 0. The Kier molecular flexibility index (Phi) is 4.74. The van der Waals surface area contributed by atoms with Gasteiger partial charge in [-0.15, -0.1) is 5.10 Å². The number of anilines is 1. The van der Waals surface area contributed by atoms with Crippen LogP contribution in [0.3, 0.4) is 0 Å². The van der Waals surface area contributed by atoms with Crippen LogP contribution in [-0.4, -0.2) is 31.0 Å². The van der Waals surface area contributed by atoms with Gasteiger partial charge in [-0.3, -0.25) is 14.9 Å². The van der Waals surface area contributed by atoms with Crippen LogP contribution in [-0.2, 0) is 11.2 Å². The van der Waals surface area contributed by atoms with E-state index in [0.717, 1.165) is 5.56 Å². The van der Waals surface area contributed by atoms with Crippen LogP contribution < -0.4 is 5.32 Å². The van der Waals surface area contributed by atoms with Crippen LogP contribution in [0.2, 0.25) is 0 Å². The minimum absolute atomic E-state index is 0.0974. The van der Waals surface area contributed by atoms with E-state index in [1.54, 1.807) is 6.07 Å². The van der Waals surface area contributed by atoms with Crippen LogP contribution in [0, 0.1) is 10.1 Å². The van der Waals surface area contributed by atoms with E-state index in [-0.39, 0.29) is 11.6 Å². The first-order valence-electron chi connectivity index (χ1n) is 7.45. The average Bonchev–Trinajstić information content (AvgIpc) is 3.15. The summed E-state index contributed by atoms with van der Waals surface area (Å²) >= 11 is 0. The largest absolute Gasteiger partial charge is 0.324 e. The van der Waals surface area contributed by atoms with E-state index in [0.29, 0.717) is 12.1 Å². The van der Waals surface area contributed by atoms with E-state index < -0.39 is 11.0 Å². The number of hydrogen-bond acceptors (Lipinski definition) is 6. The van der Waals surface area contributed by atoms with Gasteiger partial charge in [-0.1, -0.05) is 36.4 Å².